The third kappa shape index (κ3) is 12.0. The van der Waals surface area contributed by atoms with Gasteiger partial charge >= 0.3 is 11.9 Å². The number of hydrogen-bond acceptors (Lipinski definition) is 4. The van der Waals surface area contributed by atoms with Crippen molar-refractivity contribution in [2.24, 2.45) is 0 Å². The molecule has 0 bridgehead atoms. The van der Waals surface area contributed by atoms with E-state index in [1.165, 1.54) is 4.90 Å². The average molecular weight is 332 g/mol. The van der Waals surface area contributed by atoms with E-state index in [0.29, 0.717) is 18.2 Å². The number of carboxylic acid groups (broad SMARTS) is 2. The monoisotopic (exact) mass is 331 g/mol. The van der Waals surface area contributed by atoms with Gasteiger partial charge < -0.3 is 15.5 Å². The number of aliphatic carboxylic acids is 2. The molecule has 3 N–H and O–H groups in total. The van der Waals surface area contributed by atoms with E-state index in [1.54, 1.807) is 0 Å². The Kier molecular flexibility index (Phi) is 10.4. The summed E-state index contributed by atoms with van der Waals surface area (Å²) in [4.78, 5) is 20.4. The standard InChI is InChI=1S/C10H14ClNS.C4H4O4/c1-8(12-2)7-13-10-5-3-9(11)4-6-10;5-3(6)1-2-4(7)8/h3-6,8,12H,7H2,1-2H3;1-2H,(H,5,6)(H,7,8)/b;2-1+. The van der Waals surface area contributed by atoms with Crippen LogP contribution in [0.25, 0.3) is 0 Å². The molecular weight excluding hydrogens is 314 g/mol. The predicted molar refractivity (Wildman–Crippen MR) is 85.1 cm³/mol. The molecule has 1 aromatic carbocycles. The van der Waals surface area contributed by atoms with E-state index in [1.807, 2.05) is 30.9 Å². The van der Waals surface area contributed by atoms with E-state index >= 15 is 0 Å². The van der Waals surface area contributed by atoms with Crippen molar-refractivity contribution in [2.45, 2.75) is 17.9 Å². The summed E-state index contributed by atoms with van der Waals surface area (Å²) < 4.78 is 0. The molecule has 0 aliphatic rings. The van der Waals surface area contributed by atoms with Crippen molar-refractivity contribution in [2.75, 3.05) is 12.8 Å². The fourth-order valence-corrected chi connectivity index (χ4v) is 2.04. The zero-order valence-electron chi connectivity index (χ0n) is 11.7. The second kappa shape index (κ2) is 11.2. The number of benzene rings is 1. The van der Waals surface area contributed by atoms with Crippen molar-refractivity contribution in [3.63, 3.8) is 0 Å². The molecule has 1 unspecified atom stereocenters. The van der Waals surface area contributed by atoms with Gasteiger partial charge in [0.05, 0.1) is 0 Å². The van der Waals surface area contributed by atoms with Gasteiger partial charge in [0, 0.05) is 33.9 Å². The number of halogens is 1. The van der Waals surface area contributed by atoms with Crippen molar-refractivity contribution >= 4 is 35.3 Å². The first kappa shape index (κ1) is 19.5. The van der Waals surface area contributed by atoms with Crippen LogP contribution >= 0.6 is 23.4 Å². The fraction of sp³-hybridized carbons (Fsp3) is 0.286. The number of carbonyl (C=O) groups is 2. The smallest absolute Gasteiger partial charge is 0.328 e. The first-order valence-electron chi connectivity index (χ1n) is 6.04. The quantitative estimate of drug-likeness (QED) is 0.549. The largest absolute Gasteiger partial charge is 0.478 e. The highest BCUT2D eigenvalue weighted by atomic mass is 35.5. The minimum Gasteiger partial charge on any atom is -0.478 e. The molecule has 21 heavy (non-hydrogen) atoms. The van der Waals surface area contributed by atoms with E-state index in [2.05, 4.69) is 24.4 Å². The highest BCUT2D eigenvalue weighted by Crippen LogP contribution is 2.20. The normalized spacial score (nSPS) is 11.6. The lowest BCUT2D eigenvalue weighted by atomic mass is 10.4. The van der Waals surface area contributed by atoms with Gasteiger partial charge in [0.15, 0.2) is 0 Å². The Morgan fingerprint density at radius 2 is 1.71 bits per heavy atom. The summed E-state index contributed by atoms with van der Waals surface area (Å²) in [5.41, 5.74) is 0. The minimum atomic E-state index is -1.26. The Morgan fingerprint density at radius 3 is 2.10 bits per heavy atom. The van der Waals surface area contributed by atoms with Crippen molar-refractivity contribution < 1.29 is 19.8 Å². The van der Waals surface area contributed by atoms with Crippen LogP contribution < -0.4 is 5.32 Å². The molecule has 0 spiro atoms. The second-order valence-electron chi connectivity index (χ2n) is 3.96. The third-order valence-corrected chi connectivity index (χ3v) is 3.70. The van der Waals surface area contributed by atoms with E-state index < -0.39 is 11.9 Å². The molecule has 0 heterocycles. The molecule has 0 fully saturated rings. The summed E-state index contributed by atoms with van der Waals surface area (Å²) in [5.74, 6) is -1.43. The van der Waals surface area contributed by atoms with Gasteiger partial charge in [-0.3, -0.25) is 0 Å². The number of carboxylic acids is 2. The predicted octanol–water partition coefficient (Wildman–Crippen LogP) is 2.75. The number of thioether (sulfide) groups is 1. The lowest BCUT2D eigenvalue weighted by Gasteiger charge is -2.08. The van der Waals surface area contributed by atoms with Crippen LogP contribution in [0, 0.1) is 0 Å². The highest BCUT2D eigenvalue weighted by molar-refractivity contribution is 7.99. The summed E-state index contributed by atoms with van der Waals surface area (Å²) >= 11 is 7.62. The third-order valence-electron chi connectivity index (χ3n) is 2.17. The molecule has 1 atom stereocenters. The summed E-state index contributed by atoms with van der Waals surface area (Å²) in [6.07, 6.45) is 1.12. The first-order chi connectivity index (χ1) is 9.85. The molecule has 0 aliphatic carbocycles. The maximum atomic E-state index is 9.55. The maximum Gasteiger partial charge on any atom is 0.328 e. The maximum absolute atomic E-state index is 9.55. The van der Waals surface area contributed by atoms with Crippen LogP contribution in [0.2, 0.25) is 5.02 Å². The van der Waals surface area contributed by atoms with Crippen molar-refractivity contribution in [3.8, 4) is 0 Å². The Morgan fingerprint density at radius 1 is 1.24 bits per heavy atom. The van der Waals surface area contributed by atoms with Crippen LogP contribution in [0.1, 0.15) is 6.92 Å². The van der Waals surface area contributed by atoms with Gasteiger partial charge in [-0.05, 0) is 38.2 Å². The number of rotatable bonds is 6. The van der Waals surface area contributed by atoms with Crippen LogP contribution in [-0.2, 0) is 9.59 Å². The van der Waals surface area contributed by atoms with Gasteiger partial charge in [0.25, 0.3) is 0 Å². The Bertz CT molecular complexity index is 460. The van der Waals surface area contributed by atoms with Gasteiger partial charge in [-0.1, -0.05) is 11.6 Å². The number of hydrogen-bond donors (Lipinski definition) is 3. The van der Waals surface area contributed by atoms with Gasteiger partial charge in [0.2, 0.25) is 0 Å². The Balaban J connectivity index is 0.000000433. The molecular formula is C14H18ClNO4S. The van der Waals surface area contributed by atoms with Crippen molar-refractivity contribution in [3.05, 3.63) is 41.4 Å². The molecule has 1 rings (SSSR count). The summed E-state index contributed by atoms with van der Waals surface area (Å²) in [6.45, 7) is 2.17. The Labute approximate surface area is 133 Å². The molecule has 0 saturated heterocycles. The molecule has 0 saturated carbocycles. The molecule has 0 amide bonds. The van der Waals surface area contributed by atoms with Crippen LogP contribution in [0.3, 0.4) is 0 Å². The Hall–Kier alpha value is -1.50. The molecule has 116 valence electrons. The van der Waals surface area contributed by atoms with Crippen LogP contribution in [0.4, 0.5) is 0 Å². The highest BCUT2D eigenvalue weighted by Gasteiger charge is 1.99. The van der Waals surface area contributed by atoms with Gasteiger partial charge in [-0.25, -0.2) is 9.59 Å². The van der Waals surface area contributed by atoms with Gasteiger partial charge in [0.1, 0.15) is 0 Å². The fourth-order valence-electron chi connectivity index (χ4n) is 0.978. The average Bonchev–Trinajstić information content (AvgIpc) is 2.45. The molecule has 0 aromatic heterocycles. The molecule has 1 aromatic rings. The van der Waals surface area contributed by atoms with E-state index in [4.69, 9.17) is 21.8 Å². The SMILES string of the molecule is CNC(C)CSc1ccc(Cl)cc1.O=C(O)/C=C/C(=O)O. The first-order valence-corrected chi connectivity index (χ1v) is 7.41. The van der Waals surface area contributed by atoms with Crippen molar-refractivity contribution in [1.82, 2.24) is 5.32 Å². The van der Waals surface area contributed by atoms with E-state index in [-0.39, 0.29) is 0 Å². The minimum absolute atomic E-state index is 0.542. The zero-order chi connectivity index (χ0) is 16.3. The van der Waals surface area contributed by atoms with Gasteiger partial charge in [-0.15, -0.1) is 11.8 Å². The molecule has 0 radical (unpaired) electrons. The van der Waals surface area contributed by atoms with Crippen LogP contribution in [0.5, 0.6) is 0 Å². The lowest BCUT2D eigenvalue weighted by molar-refractivity contribution is -0.134. The molecule has 0 aliphatic heterocycles. The zero-order valence-corrected chi connectivity index (χ0v) is 13.3. The van der Waals surface area contributed by atoms with Crippen molar-refractivity contribution in [1.29, 1.82) is 0 Å². The van der Waals surface area contributed by atoms with E-state index in [0.717, 1.165) is 10.8 Å². The van der Waals surface area contributed by atoms with Gasteiger partial charge in [-0.2, -0.15) is 0 Å². The molecule has 5 nitrogen and oxygen atoms in total. The van der Waals surface area contributed by atoms with Crippen LogP contribution in [-0.4, -0.2) is 41.0 Å². The summed E-state index contributed by atoms with van der Waals surface area (Å²) in [5, 5.41) is 19.6. The van der Waals surface area contributed by atoms with Crippen LogP contribution in [0.15, 0.2) is 41.3 Å². The molecule has 7 heteroatoms. The van der Waals surface area contributed by atoms with E-state index in [9.17, 15) is 9.59 Å². The summed E-state index contributed by atoms with van der Waals surface area (Å²) in [7, 11) is 1.98. The summed E-state index contributed by atoms with van der Waals surface area (Å²) in [6, 6.07) is 8.49. The second-order valence-corrected chi connectivity index (χ2v) is 5.49. The lowest BCUT2D eigenvalue weighted by Crippen LogP contribution is -2.23. The number of nitrogens with one attached hydrogen (secondary N) is 1. The topological polar surface area (TPSA) is 86.6 Å².